The second-order valence-electron chi connectivity index (χ2n) is 24.3. The van der Waals surface area contributed by atoms with E-state index in [4.69, 9.17) is 4.74 Å². The fourth-order valence-electron chi connectivity index (χ4n) is 14.3. The van der Waals surface area contributed by atoms with Crippen molar-refractivity contribution in [1.82, 2.24) is 4.57 Å². The maximum Gasteiger partial charge on any atom is 0.256 e. The third kappa shape index (κ3) is 6.68. The summed E-state index contributed by atoms with van der Waals surface area (Å²) in [6, 6.07) is 65.6. The van der Waals surface area contributed by atoms with Crippen LogP contribution in [-0.4, -0.2) is 18.0 Å². The highest BCUT2D eigenvalue weighted by molar-refractivity contribution is 7.02. The fraction of sp³-hybridized carbons (Fsp3) is 0.167. The molecule has 0 saturated carbocycles. The Labute approximate surface area is 459 Å². The van der Waals surface area contributed by atoms with Crippen molar-refractivity contribution in [2.24, 2.45) is 0 Å². The van der Waals surface area contributed by atoms with Crippen LogP contribution in [0.15, 0.2) is 170 Å². The summed E-state index contributed by atoms with van der Waals surface area (Å²) in [7, 11) is 0. The molecule has 15 rings (SSSR count). The van der Waals surface area contributed by atoms with Gasteiger partial charge in [0.05, 0.1) is 5.52 Å². The first kappa shape index (κ1) is 46.8. The molecule has 0 aliphatic carbocycles. The van der Waals surface area contributed by atoms with Crippen LogP contribution in [0.25, 0.3) is 49.7 Å². The molecule has 0 unspecified atom stereocenters. The predicted molar refractivity (Wildman–Crippen MR) is 333 cm³/mol. The normalized spacial score (nSPS) is 13.6. The number of hydrogen-bond acceptors (Lipinski definition) is 3. The molecule has 78 heavy (non-hydrogen) atoms. The van der Waals surface area contributed by atoms with Crippen LogP contribution in [0, 0.1) is 55.4 Å². The molecule has 10 aromatic carbocycles. The number of aryl methyl sites for hydroxylation is 8. The van der Waals surface area contributed by atoms with Crippen LogP contribution in [0.2, 0.25) is 0 Å². The van der Waals surface area contributed by atoms with Crippen molar-refractivity contribution < 1.29 is 4.74 Å². The van der Waals surface area contributed by atoms with Crippen LogP contribution >= 0.6 is 0 Å². The second kappa shape index (κ2) is 16.5. The first-order valence-corrected chi connectivity index (χ1v) is 27.9. The van der Waals surface area contributed by atoms with Gasteiger partial charge >= 0.3 is 0 Å². The van der Waals surface area contributed by atoms with Crippen molar-refractivity contribution in [3.8, 4) is 39.4 Å². The molecule has 4 nitrogen and oxygen atoms in total. The summed E-state index contributed by atoms with van der Waals surface area (Å²) in [5, 5.41) is 2.61. The van der Waals surface area contributed by atoms with Gasteiger partial charge in [-0.2, -0.15) is 0 Å². The van der Waals surface area contributed by atoms with Gasteiger partial charge in [-0.3, -0.25) is 0 Å². The minimum Gasteiger partial charge on any atom is -0.458 e. The minimum absolute atomic E-state index is 0.0108. The zero-order chi connectivity index (χ0) is 53.4. The predicted octanol–water partition coefficient (Wildman–Crippen LogP) is 14.9. The Hall–Kier alpha value is -8.47. The summed E-state index contributed by atoms with van der Waals surface area (Å²) >= 11 is 0. The highest BCUT2D eigenvalue weighted by Gasteiger charge is 2.47. The van der Waals surface area contributed by atoms with Gasteiger partial charge in [0.1, 0.15) is 11.5 Å². The lowest BCUT2D eigenvalue weighted by Gasteiger charge is -2.43. The SMILES string of the molecule is Cc1ccc(N2c3ccc(C)cc3B3c4cc5c(cc4Oc4cc(-c6c(C)cccc6C)cc2c43)N(c2ccc(C)cc2)c2cc(-c3c(C)cccc3C)cc3c2B5c2cc(C)cc4c5cc(C(C)(C)C)ccc5n-3c24)cc1. The zero-order valence-corrected chi connectivity index (χ0v) is 46.6. The van der Waals surface area contributed by atoms with E-state index in [1.54, 1.807) is 0 Å². The molecule has 1 aromatic heterocycles. The van der Waals surface area contributed by atoms with Crippen molar-refractivity contribution in [2.75, 3.05) is 9.80 Å². The topological polar surface area (TPSA) is 20.6 Å². The number of benzene rings is 10. The van der Waals surface area contributed by atoms with Crippen molar-refractivity contribution in [2.45, 2.75) is 81.6 Å². The van der Waals surface area contributed by atoms with E-state index in [1.165, 1.54) is 138 Å². The molecule has 5 heterocycles. The summed E-state index contributed by atoms with van der Waals surface area (Å²) in [4.78, 5) is 5.07. The highest BCUT2D eigenvalue weighted by Crippen LogP contribution is 2.49. The minimum atomic E-state index is -0.101. The number of aromatic nitrogens is 1. The third-order valence-electron chi connectivity index (χ3n) is 17.9. The van der Waals surface area contributed by atoms with Crippen molar-refractivity contribution in [3.05, 3.63) is 220 Å². The molecule has 376 valence electrons. The molecular formula is C72H61B2N3O. The Morgan fingerprint density at radius 3 is 1.55 bits per heavy atom. The number of anilines is 6. The van der Waals surface area contributed by atoms with Crippen molar-refractivity contribution >= 4 is 102 Å². The molecule has 0 saturated heterocycles. The van der Waals surface area contributed by atoms with Crippen LogP contribution < -0.4 is 47.3 Å². The molecule has 6 heteroatoms. The Morgan fingerprint density at radius 2 is 0.923 bits per heavy atom. The Morgan fingerprint density at radius 1 is 0.385 bits per heavy atom. The van der Waals surface area contributed by atoms with E-state index in [0.29, 0.717) is 0 Å². The molecule has 0 fully saturated rings. The average molecular weight is 1010 g/mol. The zero-order valence-electron chi connectivity index (χ0n) is 46.6. The first-order valence-electron chi connectivity index (χ1n) is 27.9. The fourth-order valence-corrected chi connectivity index (χ4v) is 14.3. The van der Waals surface area contributed by atoms with Crippen molar-refractivity contribution in [1.29, 1.82) is 0 Å². The van der Waals surface area contributed by atoms with Gasteiger partial charge in [0.2, 0.25) is 0 Å². The molecule has 4 aliphatic heterocycles. The maximum atomic E-state index is 7.66. The van der Waals surface area contributed by atoms with E-state index in [2.05, 4.69) is 260 Å². The number of nitrogens with zero attached hydrogens (tertiary/aromatic N) is 3. The summed E-state index contributed by atoms with van der Waals surface area (Å²) < 4.78 is 10.3. The largest absolute Gasteiger partial charge is 0.458 e. The van der Waals surface area contributed by atoms with E-state index in [0.717, 1.165) is 39.8 Å². The first-order chi connectivity index (χ1) is 37.6. The van der Waals surface area contributed by atoms with Gasteiger partial charge in [0.25, 0.3) is 13.4 Å². The van der Waals surface area contributed by atoms with E-state index in [-0.39, 0.29) is 18.8 Å². The summed E-state index contributed by atoms with van der Waals surface area (Å²) in [6.45, 7) is 24.7. The monoisotopic (exact) mass is 1010 g/mol. The van der Waals surface area contributed by atoms with Crippen LogP contribution in [0.4, 0.5) is 34.1 Å². The Kier molecular flexibility index (Phi) is 9.91. The van der Waals surface area contributed by atoms with Crippen LogP contribution in [0.3, 0.4) is 0 Å². The van der Waals surface area contributed by atoms with Gasteiger partial charge in [-0.05, 0) is 216 Å². The lowest BCUT2D eigenvalue weighted by molar-refractivity contribution is 0.488. The Bertz CT molecular complexity index is 4400. The molecule has 0 bridgehead atoms. The van der Waals surface area contributed by atoms with Gasteiger partial charge in [-0.25, -0.2) is 0 Å². The van der Waals surface area contributed by atoms with Gasteiger partial charge in [0, 0.05) is 62.2 Å². The van der Waals surface area contributed by atoms with Crippen molar-refractivity contribution in [3.63, 3.8) is 0 Å². The van der Waals surface area contributed by atoms with Crippen LogP contribution in [-0.2, 0) is 5.41 Å². The number of ether oxygens (including phenoxy) is 1. The summed E-state index contributed by atoms with van der Waals surface area (Å²) in [5.41, 5.74) is 34.6. The van der Waals surface area contributed by atoms with Gasteiger partial charge in [-0.15, -0.1) is 0 Å². The van der Waals surface area contributed by atoms with E-state index in [9.17, 15) is 0 Å². The lowest BCUT2D eigenvalue weighted by Crippen LogP contribution is -2.64. The third-order valence-corrected chi connectivity index (χ3v) is 17.9. The summed E-state index contributed by atoms with van der Waals surface area (Å²) in [5.74, 6) is 1.80. The molecule has 0 radical (unpaired) electrons. The maximum absolute atomic E-state index is 7.66. The summed E-state index contributed by atoms with van der Waals surface area (Å²) in [6.07, 6.45) is 0. The highest BCUT2D eigenvalue weighted by atomic mass is 16.5. The number of fused-ring (bicyclic) bond motifs is 11. The van der Waals surface area contributed by atoms with E-state index in [1.807, 2.05) is 0 Å². The lowest BCUT2D eigenvalue weighted by atomic mass is 9.30. The average Bonchev–Trinajstić information content (AvgIpc) is 2.70. The smallest absolute Gasteiger partial charge is 0.256 e. The molecule has 0 N–H and O–H groups in total. The number of rotatable bonds is 4. The second-order valence-corrected chi connectivity index (χ2v) is 24.3. The van der Waals surface area contributed by atoms with Gasteiger partial charge in [-0.1, -0.05) is 134 Å². The van der Waals surface area contributed by atoms with E-state index < -0.39 is 0 Å². The molecule has 0 atom stereocenters. The molecule has 0 spiro atoms. The molecule has 4 aliphatic rings. The van der Waals surface area contributed by atoms with Crippen LogP contribution in [0.5, 0.6) is 11.5 Å². The Balaban J connectivity index is 1.07. The molecule has 0 amide bonds. The quantitative estimate of drug-likeness (QED) is 0.164. The molecular weight excluding hydrogens is 944 g/mol. The van der Waals surface area contributed by atoms with Crippen LogP contribution in [0.1, 0.15) is 70.8 Å². The molecule has 11 aromatic rings. The standard InChI is InChI=1S/C72H61B2N3O/c1-40-18-24-51(25-19-40)75-60-28-22-42(3)31-55(60)73-57-38-56-61(39-65(57)78-66-36-49(35-64(75)70(66)73)68-46(7)16-13-17-47(68)8)76(52-26-20-41(2)21-27-52)62-33-48(67-44(5)14-12-15-45(67)6)34-63-69(62)74(56)58-32-43(4)30-54-53-37-50(72(9,10)11)23-29-59(53)77(63)71(54)58/h12-39H,1-11H3. The van der Waals surface area contributed by atoms with Gasteiger partial charge < -0.3 is 19.1 Å². The number of hydrogen-bond donors (Lipinski definition) is 0. The van der Waals surface area contributed by atoms with Gasteiger partial charge in [0.15, 0.2) is 0 Å². The van der Waals surface area contributed by atoms with E-state index >= 15 is 0 Å².